The number of carboxylic acid groups (broad SMARTS) is 1. The maximum atomic E-state index is 12.8. The molecule has 1 aromatic rings. The van der Waals surface area contributed by atoms with Gasteiger partial charge < -0.3 is 5.11 Å². The minimum absolute atomic E-state index is 0.118. The number of benzene rings is 1. The standard InChI is InChI=1S/C14H18ClNO4S/c1-9-4-3-7-16(13(9)14(17)18)21(19,20)12-6-5-11(15)8-10(12)2/h5-6,8-9,13H,3-4,7H2,1-2H3,(H,17,18). The van der Waals surface area contributed by atoms with E-state index in [4.69, 9.17) is 11.6 Å². The Labute approximate surface area is 129 Å². The average Bonchev–Trinajstić information content (AvgIpc) is 2.37. The highest BCUT2D eigenvalue weighted by Gasteiger charge is 2.41. The van der Waals surface area contributed by atoms with E-state index in [0.29, 0.717) is 23.4 Å². The number of aryl methyl sites for hydroxylation is 1. The number of carboxylic acids is 1. The second-order valence-corrected chi connectivity index (χ2v) is 7.72. The normalized spacial score (nSPS) is 24.0. The summed E-state index contributed by atoms with van der Waals surface area (Å²) >= 11 is 5.85. The molecular formula is C14H18ClNO4S. The number of halogens is 1. The third-order valence-electron chi connectivity index (χ3n) is 3.86. The highest BCUT2D eigenvalue weighted by Crippen LogP contribution is 2.31. The topological polar surface area (TPSA) is 74.7 Å². The summed E-state index contributed by atoms with van der Waals surface area (Å²) in [7, 11) is -3.84. The van der Waals surface area contributed by atoms with Crippen LogP contribution in [0, 0.1) is 12.8 Å². The van der Waals surface area contributed by atoms with Gasteiger partial charge in [0, 0.05) is 11.6 Å². The van der Waals surface area contributed by atoms with Gasteiger partial charge in [0.1, 0.15) is 6.04 Å². The molecule has 7 heteroatoms. The molecule has 1 saturated heterocycles. The molecule has 21 heavy (non-hydrogen) atoms. The third kappa shape index (κ3) is 3.07. The molecule has 0 bridgehead atoms. The molecule has 0 saturated carbocycles. The Hall–Kier alpha value is -1.11. The lowest BCUT2D eigenvalue weighted by Crippen LogP contribution is -2.51. The molecule has 1 N–H and O–H groups in total. The first-order chi connectivity index (χ1) is 9.75. The molecule has 0 spiro atoms. The highest BCUT2D eigenvalue weighted by atomic mass is 35.5. The van der Waals surface area contributed by atoms with Crippen LogP contribution in [0.4, 0.5) is 0 Å². The zero-order valence-electron chi connectivity index (χ0n) is 11.9. The average molecular weight is 332 g/mol. The molecule has 2 atom stereocenters. The Bertz CT molecular complexity index is 659. The summed E-state index contributed by atoms with van der Waals surface area (Å²) in [6.45, 7) is 3.66. The fourth-order valence-corrected chi connectivity index (χ4v) is 4.97. The molecule has 5 nitrogen and oxygen atoms in total. The van der Waals surface area contributed by atoms with Crippen molar-refractivity contribution in [1.29, 1.82) is 0 Å². The molecule has 0 aromatic heterocycles. The van der Waals surface area contributed by atoms with Crippen molar-refractivity contribution in [2.24, 2.45) is 5.92 Å². The highest BCUT2D eigenvalue weighted by molar-refractivity contribution is 7.89. The van der Waals surface area contributed by atoms with E-state index in [1.165, 1.54) is 12.1 Å². The van der Waals surface area contributed by atoms with Gasteiger partial charge in [-0.2, -0.15) is 4.31 Å². The lowest BCUT2D eigenvalue weighted by Gasteiger charge is -2.36. The van der Waals surface area contributed by atoms with Crippen molar-refractivity contribution in [3.05, 3.63) is 28.8 Å². The van der Waals surface area contributed by atoms with Crippen LogP contribution in [0.3, 0.4) is 0 Å². The zero-order valence-corrected chi connectivity index (χ0v) is 13.5. The van der Waals surface area contributed by atoms with Crippen LogP contribution >= 0.6 is 11.6 Å². The van der Waals surface area contributed by atoms with Crippen LogP contribution in [0.2, 0.25) is 5.02 Å². The van der Waals surface area contributed by atoms with E-state index in [2.05, 4.69) is 0 Å². The Morgan fingerprint density at radius 2 is 2.10 bits per heavy atom. The summed E-state index contributed by atoms with van der Waals surface area (Å²) < 4.78 is 26.7. The monoisotopic (exact) mass is 331 g/mol. The number of rotatable bonds is 3. The van der Waals surface area contributed by atoms with E-state index >= 15 is 0 Å². The molecular weight excluding hydrogens is 314 g/mol. The van der Waals surface area contributed by atoms with Crippen molar-refractivity contribution in [1.82, 2.24) is 4.31 Å². The van der Waals surface area contributed by atoms with E-state index < -0.39 is 22.0 Å². The van der Waals surface area contributed by atoms with Gasteiger partial charge in [-0.3, -0.25) is 4.79 Å². The lowest BCUT2D eigenvalue weighted by atomic mass is 9.93. The zero-order chi connectivity index (χ0) is 15.8. The lowest BCUT2D eigenvalue weighted by molar-refractivity contribution is -0.144. The fourth-order valence-electron chi connectivity index (χ4n) is 2.81. The SMILES string of the molecule is Cc1cc(Cl)ccc1S(=O)(=O)N1CCCC(C)C1C(=O)O. The maximum absolute atomic E-state index is 12.8. The van der Waals surface area contributed by atoms with Gasteiger partial charge in [0.25, 0.3) is 0 Å². The van der Waals surface area contributed by atoms with Crippen LogP contribution < -0.4 is 0 Å². The van der Waals surface area contributed by atoms with Crippen LogP contribution in [-0.4, -0.2) is 36.4 Å². The fraction of sp³-hybridized carbons (Fsp3) is 0.500. The van der Waals surface area contributed by atoms with Gasteiger partial charge in [0.15, 0.2) is 0 Å². The first kappa shape index (κ1) is 16.3. The summed E-state index contributed by atoms with van der Waals surface area (Å²) in [4.78, 5) is 11.6. The molecule has 1 fully saturated rings. The number of sulfonamides is 1. The van der Waals surface area contributed by atoms with Crippen molar-refractivity contribution in [2.45, 2.75) is 37.6 Å². The van der Waals surface area contributed by atoms with E-state index in [9.17, 15) is 18.3 Å². The minimum Gasteiger partial charge on any atom is -0.480 e. The molecule has 0 amide bonds. The number of piperidine rings is 1. The van der Waals surface area contributed by atoms with Crippen LogP contribution in [0.5, 0.6) is 0 Å². The van der Waals surface area contributed by atoms with Gasteiger partial charge in [-0.15, -0.1) is 0 Å². The molecule has 1 aliphatic heterocycles. The Kier molecular flexibility index (Phi) is 4.60. The predicted molar refractivity (Wildman–Crippen MR) is 79.9 cm³/mol. The summed E-state index contributed by atoms with van der Waals surface area (Å²) in [6, 6.07) is 3.49. The van der Waals surface area contributed by atoms with Crippen LogP contribution in [0.25, 0.3) is 0 Å². The van der Waals surface area contributed by atoms with Crippen molar-refractivity contribution >= 4 is 27.6 Å². The summed E-state index contributed by atoms with van der Waals surface area (Å²) in [5.74, 6) is -1.31. The Balaban J connectivity index is 2.48. The van der Waals surface area contributed by atoms with Gasteiger partial charge in [0.05, 0.1) is 4.90 Å². The largest absolute Gasteiger partial charge is 0.480 e. The van der Waals surface area contributed by atoms with Gasteiger partial charge in [-0.25, -0.2) is 8.42 Å². The summed E-state index contributed by atoms with van der Waals surface area (Å²) in [5.41, 5.74) is 0.518. The smallest absolute Gasteiger partial charge is 0.322 e. The number of aliphatic carboxylic acids is 1. The van der Waals surface area contributed by atoms with Gasteiger partial charge in [0.2, 0.25) is 10.0 Å². The molecule has 0 aliphatic carbocycles. The van der Waals surface area contributed by atoms with Crippen LogP contribution in [-0.2, 0) is 14.8 Å². The third-order valence-corrected chi connectivity index (χ3v) is 6.14. The Morgan fingerprint density at radius 1 is 1.43 bits per heavy atom. The molecule has 0 radical (unpaired) electrons. The molecule has 2 unspecified atom stereocenters. The second-order valence-electron chi connectivity index (χ2n) is 5.43. The quantitative estimate of drug-likeness (QED) is 0.923. The van der Waals surface area contributed by atoms with Gasteiger partial charge in [-0.1, -0.05) is 18.5 Å². The van der Waals surface area contributed by atoms with Crippen LogP contribution in [0.1, 0.15) is 25.3 Å². The first-order valence-corrected chi connectivity index (χ1v) is 8.57. The van der Waals surface area contributed by atoms with Gasteiger partial charge >= 0.3 is 5.97 Å². The van der Waals surface area contributed by atoms with E-state index in [1.54, 1.807) is 19.9 Å². The number of hydrogen-bond acceptors (Lipinski definition) is 3. The number of hydrogen-bond donors (Lipinski definition) is 1. The first-order valence-electron chi connectivity index (χ1n) is 6.76. The predicted octanol–water partition coefficient (Wildman–Crippen LogP) is 2.52. The van der Waals surface area contributed by atoms with E-state index in [0.717, 1.165) is 4.31 Å². The van der Waals surface area contributed by atoms with Crippen LogP contribution in [0.15, 0.2) is 23.1 Å². The van der Waals surface area contributed by atoms with E-state index in [-0.39, 0.29) is 17.4 Å². The summed E-state index contributed by atoms with van der Waals surface area (Å²) in [6.07, 6.45) is 1.37. The molecule has 116 valence electrons. The Morgan fingerprint density at radius 3 is 2.67 bits per heavy atom. The number of carbonyl (C=O) groups is 1. The minimum atomic E-state index is -3.84. The second kappa shape index (κ2) is 5.94. The molecule has 1 aliphatic rings. The van der Waals surface area contributed by atoms with Crippen molar-refractivity contribution in [3.8, 4) is 0 Å². The summed E-state index contributed by atoms with van der Waals surface area (Å²) in [5, 5.41) is 9.83. The van der Waals surface area contributed by atoms with Crippen molar-refractivity contribution in [2.75, 3.05) is 6.54 Å². The maximum Gasteiger partial charge on any atom is 0.322 e. The molecule has 1 heterocycles. The van der Waals surface area contributed by atoms with E-state index in [1.807, 2.05) is 0 Å². The van der Waals surface area contributed by atoms with Crippen molar-refractivity contribution in [3.63, 3.8) is 0 Å². The molecule has 1 aromatic carbocycles. The number of nitrogens with zero attached hydrogens (tertiary/aromatic N) is 1. The molecule has 2 rings (SSSR count). The van der Waals surface area contributed by atoms with Gasteiger partial charge in [-0.05, 0) is 49.4 Å². The van der Waals surface area contributed by atoms with Crippen molar-refractivity contribution < 1.29 is 18.3 Å².